The summed E-state index contributed by atoms with van der Waals surface area (Å²) in [6.45, 7) is 1.35. The molecule has 7 nitrogen and oxygen atoms in total. The zero-order valence-corrected chi connectivity index (χ0v) is 15.6. The van der Waals surface area contributed by atoms with Crippen LogP contribution in [0.4, 0.5) is 5.69 Å². The lowest BCUT2D eigenvalue weighted by atomic mass is 10.2. The number of hydrogen-bond acceptors (Lipinski definition) is 5. The van der Waals surface area contributed by atoms with Crippen LogP contribution < -0.4 is 5.32 Å². The van der Waals surface area contributed by atoms with Gasteiger partial charge in [-0.05, 0) is 24.6 Å². The Hall–Kier alpha value is -3.61. The molecule has 2 aromatic carbocycles. The minimum Gasteiger partial charge on any atom is -0.465 e. The molecule has 0 unspecified atom stereocenters. The monoisotopic (exact) mass is 380 g/mol. The normalized spacial score (nSPS) is 10.5. The molecular formula is C21H20N2O5. The summed E-state index contributed by atoms with van der Waals surface area (Å²) < 4.78 is 11.5. The van der Waals surface area contributed by atoms with E-state index >= 15 is 0 Å². The molecule has 0 aliphatic heterocycles. The second-order valence-corrected chi connectivity index (χ2v) is 6.20. The first-order valence-corrected chi connectivity index (χ1v) is 8.67. The molecule has 3 rings (SSSR count). The largest absolute Gasteiger partial charge is 0.465 e. The van der Waals surface area contributed by atoms with Crippen molar-refractivity contribution >= 4 is 34.4 Å². The lowest BCUT2D eigenvalue weighted by molar-refractivity contribution is -0.147. The van der Waals surface area contributed by atoms with Gasteiger partial charge in [0.1, 0.15) is 6.54 Å². The van der Waals surface area contributed by atoms with Gasteiger partial charge in [-0.25, -0.2) is 4.79 Å². The zero-order chi connectivity index (χ0) is 20.1. The number of nitrogens with zero attached hydrogens (tertiary/aromatic N) is 1. The van der Waals surface area contributed by atoms with Crippen LogP contribution >= 0.6 is 0 Å². The van der Waals surface area contributed by atoms with Crippen LogP contribution in [0.2, 0.25) is 0 Å². The van der Waals surface area contributed by atoms with Crippen LogP contribution in [0.3, 0.4) is 0 Å². The maximum absolute atomic E-state index is 12.2. The molecule has 0 saturated carbocycles. The van der Waals surface area contributed by atoms with E-state index in [1.54, 1.807) is 41.1 Å². The number of esters is 2. The van der Waals surface area contributed by atoms with Crippen LogP contribution in [0, 0.1) is 6.92 Å². The molecule has 0 spiro atoms. The van der Waals surface area contributed by atoms with E-state index in [4.69, 9.17) is 9.47 Å². The van der Waals surface area contributed by atoms with Crippen LogP contribution in [0.5, 0.6) is 0 Å². The maximum atomic E-state index is 12.2. The fraction of sp³-hybridized carbons (Fsp3) is 0.190. The van der Waals surface area contributed by atoms with Gasteiger partial charge < -0.3 is 19.4 Å². The Bertz CT molecular complexity index is 1040. The molecule has 1 heterocycles. The Labute approximate surface area is 161 Å². The highest BCUT2D eigenvalue weighted by molar-refractivity contribution is 6.04. The number of methoxy groups -OCH3 is 1. The predicted octanol–water partition coefficient (Wildman–Crippen LogP) is 2.92. The molecule has 1 N–H and O–H groups in total. The van der Waals surface area contributed by atoms with Gasteiger partial charge in [0, 0.05) is 22.8 Å². The van der Waals surface area contributed by atoms with Crippen molar-refractivity contribution in [1.82, 2.24) is 4.57 Å². The van der Waals surface area contributed by atoms with Gasteiger partial charge in [0.15, 0.2) is 6.61 Å². The number of aromatic nitrogens is 1. The number of carbonyl (C=O) groups excluding carboxylic acids is 3. The Morgan fingerprint density at radius 1 is 1.04 bits per heavy atom. The first-order chi connectivity index (χ1) is 13.5. The molecule has 3 aromatic rings. The molecule has 0 radical (unpaired) electrons. The number of fused-ring (bicyclic) bond motifs is 1. The topological polar surface area (TPSA) is 86.6 Å². The molecule has 0 aliphatic rings. The number of ether oxygens (including phenoxy) is 2. The van der Waals surface area contributed by atoms with Crippen molar-refractivity contribution in [2.75, 3.05) is 19.0 Å². The van der Waals surface area contributed by atoms with Gasteiger partial charge in [0.2, 0.25) is 0 Å². The lowest BCUT2D eigenvalue weighted by Crippen LogP contribution is -2.23. The van der Waals surface area contributed by atoms with E-state index in [1.165, 1.54) is 7.11 Å². The molecule has 144 valence electrons. The van der Waals surface area contributed by atoms with Crippen molar-refractivity contribution in [1.29, 1.82) is 0 Å². The lowest BCUT2D eigenvalue weighted by Gasteiger charge is -2.09. The summed E-state index contributed by atoms with van der Waals surface area (Å²) >= 11 is 0. The van der Waals surface area contributed by atoms with Crippen molar-refractivity contribution in [2.24, 2.45) is 0 Å². The third-order valence-electron chi connectivity index (χ3n) is 4.28. The number of aryl methyl sites for hydroxylation is 1. The highest BCUT2D eigenvalue weighted by Crippen LogP contribution is 2.22. The number of hydrogen-bond donors (Lipinski definition) is 1. The highest BCUT2D eigenvalue weighted by atomic mass is 16.5. The van der Waals surface area contributed by atoms with Crippen LogP contribution in [-0.2, 0) is 25.6 Å². The van der Waals surface area contributed by atoms with Gasteiger partial charge in [-0.3, -0.25) is 9.59 Å². The molecule has 0 fully saturated rings. The fourth-order valence-electron chi connectivity index (χ4n) is 2.88. The summed E-state index contributed by atoms with van der Waals surface area (Å²) in [4.78, 5) is 36.1. The summed E-state index contributed by atoms with van der Waals surface area (Å²) in [7, 11) is 1.30. The fourth-order valence-corrected chi connectivity index (χ4v) is 2.88. The number of nitrogens with one attached hydrogen (secondary N) is 1. The van der Waals surface area contributed by atoms with Crippen LogP contribution in [0.15, 0.2) is 54.7 Å². The van der Waals surface area contributed by atoms with Crippen LogP contribution in [0.25, 0.3) is 10.9 Å². The summed E-state index contributed by atoms with van der Waals surface area (Å²) in [6, 6.07) is 14.5. The highest BCUT2D eigenvalue weighted by Gasteiger charge is 2.17. The molecular weight excluding hydrogens is 360 g/mol. The number of para-hydroxylation sites is 2. The van der Waals surface area contributed by atoms with Crippen molar-refractivity contribution in [3.05, 3.63) is 65.9 Å². The van der Waals surface area contributed by atoms with Gasteiger partial charge >= 0.3 is 11.9 Å². The third kappa shape index (κ3) is 4.20. The number of amides is 1. The Kier molecular flexibility index (Phi) is 5.74. The smallest absolute Gasteiger partial charge is 0.340 e. The average Bonchev–Trinajstić information content (AvgIpc) is 3.06. The van der Waals surface area contributed by atoms with Gasteiger partial charge in [0.05, 0.1) is 12.7 Å². The summed E-state index contributed by atoms with van der Waals surface area (Å²) in [5.74, 6) is -1.49. The number of anilines is 1. The molecule has 7 heteroatoms. The second-order valence-electron chi connectivity index (χ2n) is 6.20. The zero-order valence-electron chi connectivity index (χ0n) is 15.6. The number of benzene rings is 2. The van der Waals surface area contributed by atoms with Crippen molar-refractivity contribution in [2.45, 2.75) is 13.5 Å². The van der Waals surface area contributed by atoms with E-state index in [0.29, 0.717) is 22.2 Å². The van der Waals surface area contributed by atoms with E-state index in [-0.39, 0.29) is 6.54 Å². The van der Waals surface area contributed by atoms with E-state index in [1.807, 2.05) is 25.1 Å². The van der Waals surface area contributed by atoms with Gasteiger partial charge in [-0.15, -0.1) is 0 Å². The predicted molar refractivity (Wildman–Crippen MR) is 104 cm³/mol. The standard InChI is InChI=1S/C21H20N2O5/c1-14-7-3-5-9-17(14)22-19(24)13-28-20(25)12-23-11-16(21(26)27-2)15-8-4-6-10-18(15)23/h3-11H,12-13H2,1-2H3,(H,22,24). The molecule has 0 saturated heterocycles. The van der Waals surface area contributed by atoms with Gasteiger partial charge in [-0.1, -0.05) is 36.4 Å². The minimum absolute atomic E-state index is 0.130. The van der Waals surface area contributed by atoms with Crippen molar-refractivity contribution < 1.29 is 23.9 Å². The van der Waals surface area contributed by atoms with E-state index in [2.05, 4.69) is 5.32 Å². The van der Waals surface area contributed by atoms with Crippen LogP contribution in [-0.4, -0.2) is 36.1 Å². The molecule has 0 aliphatic carbocycles. The van der Waals surface area contributed by atoms with E-state index < -0.39 is 24.5 Å². The summed E-state index contributed by atoms with van der Waals surface area (Å²) in [6.07, 6.45) is 1.55. The second kappa shape index (κ2) is 8.39. The first-order valence-electron chi connectivity index (χ1n) is 8.67. The number of carbonyl (C=O) groups is 3. The van der Waals surface area contributed by atoms with E-state index in [9.17, 15) is 14.4 Å². The minimum atomic E-state index is -0.586. The SMILES string of the molecule is COC(=O)c1cn(CC(=O)OCC(=O)Nc2ccccc2C)c2ccccc12. The molecule has 0 atom stereocenters. The molecule has 1 aromatic heterocycles. The molecule has 0 bridgehead atoms. The Morgan fingerprint density at radius 2 is 1.75 bits per heavy atom. The average molecular weight is 380 g/mol. The third-order valence-corrected chi connectivity index (χ3v) is 4.28. The van der Waals surface area contributed by atoms with Crippen molar-refractivity contribution in [3.8, 4) is 0 Å². The Balaban J connectivity index is 1.64. The van der Waals surface area contributed by atoms with Gasteiger partial charge in [0.25, 0.3) is 5.91 Å². The molecule has 1 amide bonds. The van der Waals surface area contributed by atoms with Crippen LogP contribution in [0.1, 0.15) is 15.9 Å². The quantitative estimate of drug-likeness (QED) is 0.665. The molecule has 28 heavy (non-hydrogen) atoms. The number of rotatable bonds is 6. The summed E-state index contributed by atoms with van der Waals surface area (Å²) in [5.41, 5.74) is 2.64. The Morgan fingerprint density at radius 3 is 2.50 bits per heavy atom. The van der Waals surface area contributed by atoms with Crippen molar-refractivity contribution in [3.63, 3.8) is 0 Å². The van der Waals surface area contributed by atoms with Gasteiger partial charge in [-0.2, -0.15) is 0 Å². The first kappa shape index (κ1) is 19.2. The van der Waals surface area contributed by atoms with E-state index in [0.717, 1.165) is 5.56 Å². The summed E-state index contributed by atoms with van der Waals surface area (Å²) in [5, 5.41) is 3.38. The maximum Gasteiger partial charge on any atom is 0.340 e.